The van der Waals surface area contributed by atoms with E-state index in [0.717, 1.165) is 16.0 Å². The number of nitro benzene ring substituents is 1. The number of nitrogens with one attached hydrogen (secondary N) is 1. The Kier molecular flexibility index (Phi) is 7.05. The van der Waals surface area contributed by atoms with Gasteiger partial charge in [-0.1, -0.05) is 12.1 Å². The van der Waals surface area contributed by atoms with E-state index >= 15 is 0 Å². The van der Waals surface area contributed by atoms with Crippen molar-refractivity contribution in [3.8, 4) is 0 Å². The molecule has 1 aliphatic rings. The Balaban J connectivity index is 1.47. The minimum atomic E-state index is -4.09. The monoisotopic (exact) mass is 519 g/mol. The molecule has 2 aromatic carbocycles. The van der Waals surface area contributed by atoms with Crippen molar-refractivity contribution >= 4 is 56.0 Å². The number of hydrogen-bond acceptors (Lipinski definition) is 10. The first-order valence-electron chi connectivity index (χ1n) is 10.6. The zero-order chi connectivity index (χ0) is 25.2. The lowest BCUT2D eigenvalue weighted by Gasteiger charge is -2.32. The highest BCUT2D eigenvalue weighted by molar-refractivity contribution is 7.89. The topological polar surface area (TPSA) is 162 Å². The molecule has 1 N–H and O–H groups in total. The van der Waals surface area contributed by atoms with Crippen molar-refractivity contribution in [3.63, 3.8) is 0 Å². The van der Waals surface area contributed by atoms with E-state index in [1.807, 2.05) is 0 Å². The van der Waals surface area contributed by atoms with Gasteiger partial charge in [0.1, 0.15) is 22.0 Å². The Morgan fingerprint density at radius 1 is 1.23 bits per heavy atom. The van der Waals surface area contributed by atoms with Crippen LogP contribution >= 0.6 is 11.7 Å². The van der Waals surface area contributed by atoms with Crippen molar-refractivity contribution < 1.29 is 27.7 Å². The van der Waals surface area contributed by atoms with Gasteiger partial charge in [-0.2, -0.15) is 13.1 Å². The molecule has 1 unspecified atom stereocenters. The molecule has 35 heavy (non-hydrogen) atoms. The predicted octanol–water partition coefficient (Wildman–Crippen LogP) is 2.63. The first-order valence-corrected chi connectivity index (χ1v) is 12.8. The highest BCUT2D eigenvalue weighted by atomic mass is 32.2. The van der Waals surface area contributed by atoms with Crippen molar-refractivity contribution in [1.29, 1.82) is 0 Å². The van der Waals surface area contributed by atoms with Crippen LogP contribution in [0.25, 0.3) is 11.0 Å². The molecule has 3 aromatic rings. The first kappa shape index (κ1) is 24.6. The van der Waals surface area contributed by atoms with E-state index in [9.17, 15) is 28.1 Å². The lowest BCUT2D eigenvalue weighted by Crippen LogP contribution is -2.49. The summed E-state index contributed by atoms with van der Waals surface area (Å²) in [5, 5.41) is 13.6. The van der Waals surface area contributed by atoms with Crippen LogP contribution in [0.2, 0.25) is 0 Å². The van der Waals surface area contributed by atoms with Crippen LogP contribution < -0.4 is 5.32 Å². The number of sulfonamides is 1. The standard InChI is InChI=1S/C21H21N5O7S2/c1-13-14(6-4-9-16(13)26(29)30)22-19(27)12-33-21(28)17-8-2-3-11-25(17)35(31,32)18-10-5-7-15-20(18)24-34-23-15/h4-7,9-10,17H,2-3,8,11-12H2,1H3,(H,22,27). The molecule has 1 aliphatic heterocycles. The fourth-order valence-corrected chi connectivity index (χ4v) is 6.32. The third kappa shape index (κ3) is 4.99. The van der Waals surface area contributed by atoms with Crippen LogP contribution in [0, 0.1) is 17.0 Å². The SMILES string of the molecule is Cc1c(NC(=O)COC(=O)C2CCCCN2S(=O)(=O)c2cccc3nsnc23)cccc1[N+](=O)[O-]. The van der Waals surface area contributed by atoms with Crippen molar-refractivity contribution in [2.75, 3.05) is 18.5 Å². The summed E-state index contributed by atoms with van der Waals surface area (Å²) in [5.74, 6) is -1.55. The third-order valence-corrected chi connectivity index (χ3v) is 8.17. The first-order chi connectivity index (χ1) is 16.7. The second kappa shape index (κ2) is 10.0. The van der Waals surface area contributed by atoms with E-state index in [1.54, 1.807) is 12.1 Å². The number of carbonyl (C=O) groups excluding carboxylic acids is 2. The van der Waals surface area contributed by atoms with Gasteiger partial charge in [0.25, 0.3) is 11.6 Å². The van der Waals surface area contributed by atoms with Crippen molar-refractivity contribution in [1.82, 2.24) is 13.1 Å². The van der Waals surface area contributed by atoms with Gasteiger partial charge >= 0.3 is 5.97 Å². The Bertz CT molecular complexity index is 1410. The molecule has 12 nitrogen and oxygen atoms in total. The molecule has 14 heteroatoms. The molecule has 4 rings (SSSR count). The molecule has 2 heterocycles. The fraction of sp³-hybridized carbons (Fsp3) is 0.333. The van der Waals surface area contributed by atoms with E-state index < -0.39 is 39.5 Å². The number of benzene rings is 2. The highest BCUT2D eigenvalue weighted by Gasteiger charge is 2.39. The smallest absolute Gasteiger partial charge is 0.324 e. The van der Waals surface area contributed by atoms with Gasteiger partial charge in [0, 0.05) is 12.6 Å². The number of esters is 1. The number of rotatable bonds is 7. The van der Waals surface area contributed by atoms with Gasteiger partial charge in [0.15, 0.2) is 6.61 Å². The van der Waals surface area contributed by atoms with E-state index in [2.05, 4.69) is 14.1 Å². The molecule has 0 bridgehead atoms. The number of aromatic nitrogens is 2. The number of piperidine rings is 1. The van der Waals surface area contributed by atoms with Gasteiger partial charge in [0.2, 0.25) is 10.0 Å². The average molecular weight is 520 g/mol. The van der Waals surface area contributed by atoms with Gasteiger partial charge < -0.3 is 10.1 Å². The summed E-state index contributed by atoms with van der Waals surface area (Å²) in [5.41, 5.74) is 0.995. The number of ether oxygens (including phenoxy) is 1. The van der Waals surface area contributed by atoms with Crippen LogP contribution in [-0.4, -0.2) is 57.5 Å². The normalized spacial score (nSPS) is 16.7. The average Bonchev–Trinajstić information content (AvgIpc) is 3.32. The van der Waals surface area contributed by atoms with Crippen molar-refractivity contribution in [2.45, 2.75) is 37.1 Å². The van der Waals surface area contributed by atoms with E-state index in [0.29, 0.717) is 18.4 Å². The fourth-order valence-electron chi connectivity index (χ4n) is 3.92. The summed E-state index contributed by atoms with van der Waals surface area (Å²) in [6.45, 7) is 0.939. The molecule has 0 spiro atoms. The largest absolute Gasteiger partial charge is 0.454 e. The molecular weight excluding hydrogens is 498 g/mol. The molecule has 0 radical (unpaired) electrons. The number of nitrogens with zero attached hydrogens (tertiary/aromatic N) is 4. The Morgan fingerprint density at radius 3 is 2.77 bits per heavy atom. The summed E-state index contributed by atoms with van der Waals surface area (Å²) < 4.78 is 41.3. The molecule has 1 saturated heterocycles. The molecule has 0 aliphatic carbocycles. The minimum absolute atomic E-state index is 0.0395. The number of nitro groups is 1. The van der Waals surface area contributed by atoms with Crippen LogP contribution in [0.1, 0.15) is 24.8 Å². The van der Waals surface area contributed by atoms with E-state index in [1.165, 1.54) is 31.2 Å². The summed E-state index contributed by atoms with van der Waals surface area (Å²) in [7, 11) is -4.09. The zero-order valence-corrected chi connectivity index (χ0v) is 20.2. The van der Waals surface area contributed by atoms with Crippen LogP contribution in [0.15, 0.2) is 41.3 Å². The predicted molar refractivity (Wildman–Crippen MR) is 126 cm³/mol. The Morgan fingerprint density at radius 2 is 2.00 bits per heavy atom. The van der Waals surface area contributed by atoms with Gasteiger partial charge in [-0.15, -0.1) is 0 Å². The maximum absolute atomic E-state index is 13.4. The second-order valence-electron chi connectivity index (χ2n) is 7.88. The van der Waals surface area contributed by atoms with Gasteiger partial charge in [-0.3, -0.25) is 19.7 Å². The highest BCUT2D eigenvalue weighted by Crippen LogP contribution is 2.30. The van der Waals surface area contributed by atoms with Crippen LogP contribution in [-0.2, 0) is 24.3 Å². The maximum atomic E-state index is 13.4. The molecule has 1 atom stereocenters. The number of fused-ring (bicyclic) bond motifs is 1. The van der Waals surface area contributed by atoms with E-state index in [-0.39, 0.29) is 40.3 Å². The number of anilines is 1. The lowest BCUT2D eigenvalue weighted by atomic mass is 10.1. The summed E-state index contributed by atoms with van der Waals surface area (Å²) in [4.78, 5) is 35.7. The van der Waals surface area contributed by atoms with Gasteiger partial charge in [-0.05, 0) is 44.4 Å². The second-order valence-corrected chi connectivity index (χ2v) is 10.3. The van der Waals surface area contributed by atoms with Gasteiger partial charge in [0.05, 0.1) is 27.9 Å². The Hall–Kier alpha value is -3.49. The molecule has 184 valence electrons. The minimum Gasteiger partial charge on any atom is -0.454 e. The van der Waals surface area contributed by atoms with Crippen LogP contribution in [0.5, 0.6) is 0 Å². The molecule has 1 fully saturated rings. The summed E-state index contributed by atoms with van der Waals surface area (Å²) >= 11 is 0.896. The number of hydrogen-bond donors (Lipinski definition) is 1. The molecular formula is C21H21N5O7S2. The number of carbonyl (C=O) groups is 2. The summed E-state index contributed by atoms with van der Waals surface area (Å²) in [6.07, 6.45) is 1.43. The zero-order valence-electron chi connectivity index (χ0n) is 18.5. The maximum Gasteiger partial charge on any atom is 0.324 e. The Labute approximate surface area is 204 Å². The summed E-state index contributed by atoms with van der Waals surface area (Å²) in [6, 6.07) is 7.77. The van der Waals surface area contributed by atoms with Crippen molar-refractivity contribution in [3.05, 3.63) is 52.1 Å². The number of amides is 1. The van der Waals surface area contributed by atoms with Crippen LogP contribution in [0.4, 0.5) is 11.4 Å². The third-order valence-electron chi connectivity index (χ3n) is 5.68. The molecule has 0 saturated carbocycles. The lowest BCUT2D eigenvalue weighted by molar-refractivity contribution is -0.385. The molecule has 1 amide bonds. The van der Waals surface area contributed by atoms with Crippen molar-refractivity contribution in [2.24, 2.45) is 0 Å². The molecule has 1 aromatic heterocycles. The van der Waals surface area contributed by atoms with Gasteiger partial charge in [-0.25, -0.2) is 8.42 Å². The quantitative estimate of drug-likeness (QED) is 0.281. The van der Waals surface area contributed by atoms with Crippen LogP contribution in [0.3, 0.4) is 0 Å². The van der Waals surface area contributed by atoms with E-state index in [4.69, 9.17) is 4.74 Å².